The van der Waals surface area contributed by atoms with Gasteiger partial charge in [0.05, 0.1) is 13.2 Å². The number of aliphatic hydroxyl groups excluding tert-OH is 1. The van der Waals surface area contributed by atoms with E-state index in [-0.39, 0.29) is 18.2 Å². The van der Waals surface area contributed by atoms with E-state index in [1.54, 1.807) is 6.92 Å². The van der Waals surface area contributed by atoms with Gasteiger partial charge in [-0.3, -0.25) is 4.79 Å². The SMILES string of the molecule is COc1cc(C(=O)NCC(C)O)ccc1F. The van der Waals surface area contributed by atoms with Crippen molar-refractivity contribution in [2.45, 2.75) is 13.0 Å². The normalized spacial score (nSPS) is 12.0. The van der Waals surface area contributed by atoms with Gasteiger partial charge in [-0.25, -0.2) is 4.39 Å². The van der Waals surface area contributed by atoms with Crippen LogP contribution in [0.15, 0.2) is 18.2 Å². The molecule has 1 rings (SSSR count). The van der Waals surface area contributed by atoms with Gasteiger partial charge in [0.2, 0.25) is 0 Å². The van der Waals surface area contributed by atoms with Gasteiger partial charge in [-0.05, 0) is 25.1 Å². The van der Waals surface area contributed by atoms with Crippen LogP contribution in [-0.2, 0) is 0 Å². The molecule has 0 aliphatic heterocycles. The molecule has 0 aromatic heterocycles. The fraction of sp³-hybridized carbons (Fsp3) is 0.364. The zero-order valence-electron chi connectivity index (χ0n) is 9.16. The highest BCUT2D eigenvalue weighted by molar-refractivity contribution is 5.94. The first kappa shape index (κ1) is 12.4. The third-order valence-electron chi connectivity index (χ3n) is 1.97. The molecule has 1 atom stereocenters. The minimum atomic E-state index is -0.619. The topological polar surface area (TPSA) is 58.6 Å². The summed E-state index contributed by atoms with van der Waals surface area (Å²) in [6, 6.07) is 3.83. The third-order valence-corrected chi connectivity index (χ3v) is 1.97. The Bertz CT molecular complexity index is 379. The molecule has 0 aliphatic rings. The Kier molecular flexibility index (Phi) is 4.25. The second-order valence-corrected chi connectivity index (χ2v) is 3.41. The second kappa shape index (κ2) is 5.46. The number of hydrogen-bond acceptors (Lipinski definition) is 3. The molecule has 0 spiro atoms. The number of amides is 1. The van der Waals surface area contributed by atoms with Crippen molar-refractivity contribution < 1.29 is 19.0 Å². The van der Waals surface area contributed by atoms with Crippen LogP contribution < -0.4 is 10.1 Å². The largest absolute Gasteiger partial charge is 0.494 e. The van der Waals surface area contributed by atoms with E-state index >= 15 is 0 Å². The highest BCUT2D eigenvalue weighted by Gasteiger charge is 2.10. The molecule has 16 heavy (non-hydrogen) atoms. The Morgan fingerprint density at radius 1 is 1.62 bits per heavy atom. The lowest BCUT2D eigenvalue weighted by Gasteiger charge is -2.08. The number of nitrogens with one attached hydrogen (secondary N) is 1. The van der Waals surface area contributed by atoms with Gasteiger partial charge >= 0.3 is 0 Å². The molecule has 0 aliphatic carbocycles. The molecule has 0 radical (unpaired) electrons. The number of carbonyl (C=O) groups is 1. The first-order valence-corrected chi connectivity index (χ1v) is 4.84. The Morgan fingerprint density at radius 2 is 2.31 bits per heavy atom. The molecule has 1 amide bonds. The Balaban J connectivity index is 2.76. The van der Waals surface area contributed by atoms with Crippen molar-refractivity contribution in [1.29, 1.82) is 0 Å². The molecular weight excluding hydrogens is 213 g/mol. The smallest absolute Gasteiger partial charge is 0.251 e. The van der Waals surface area contributed by atoms with Crippen molar-refractivity contribution >= 4 is 5.91 Å². The van der Waals surface area contributed by atoms with Crippen LogP contribution in [0.5, 0.6) is 5.75 Å². The van der Waals surface area contributed by atoms with Crippen molar-refractivity contribution in [3.8, 4) is 5.75 Å². The number of halogens is 1. The maximum absolute atomic E-state index is 13.1. The molecule has 0 saturated heterocycles. The van der Waals surface area contributed by atoms with Crippen LogP contribution in [0.3, 0.4) is 0 Å². The molecule has 88 valence electrons. The van der Waals surface area contributed by atoms with Gasteiger partial charge < -0.3 is 15.2 Å². The van der Waals surface area contributed by atoms with E-state index in [1.807, 2.05) is 0 Å². The summed E-state index contributed by atoms with van der Waals surface area (Å²) >= 11 is 0. The van der Waals surface area contributed by atoms with Crippen LogP contribution in [0, 0.1) is 5.82 Å². The minimum Gasteiger partial charge on any atom is -0.494 e. The first-order chi connectivity index (χ1) is 7.54. The van der Waals surface area contributed by atoms with Gasteiger partial charge in [-0.15, -0.1) is 0 Å². The van der Waals surface area contributed by atoms with E-state index in [0.29, 0.717) is 5.56 Å². The van der Waals surface area contributed by atoms with Gasteiger partial charge in [-0.1, -0.05) is 0 Å². The number of hydrogen-bond donors (Lipinski definition) is 2. The van der Waals surface area contributed by atoms with Gasteiger partial charge in [0, 0.05) is 12.1 Å². The molecule has 4 nitrogen and oxygen atoms in total. The summed E-state index contributed by atoms with van der Waals surface area (Å²) in [6.45, 7) is 1.71. The van der Waals surface area contributed by atoms with Crippen LogP contribution >= 0.6 is 0 Å². The summed E-state index contributed by atoms with van der Waals surface area (Å²) in [7, 11) is 1.33. The van der Waals surface area contributed by atoms with Crippen LogP contribution in [0.25, 0.3) is 0 Å². The predicted octanol–water partition coefficient (Wildman–Crippen LogP) is 0.945. The first-order valence-electron chi connectivity index (χ1n) is 4.84. The van der Waals surface area contributed by atoms with Crippen molar-refractivity contribution in [3.63, 3.8) is 0 Å². The van der Waals surface area contributed by atoms with E-state index in [1.165, 1.54) is 19.2 Å². The lowest BCUT2D eigenvalue weighted by molar-refractivity contribution is 0.0923. The fourth-order valence-electron chi connectivity index (χ4n) is 1.14. The molecule has 5 heteroatoms. The Labute approximate surface area is 93.0 Å². The average Bonchev–Trinajstić information content (AvgIpc) is 2.26. The maximum Gasteiger partial charge on any atom is 0.251 e. The molecule has 1 aromatic rings. The lowest BCUT2D eigenvalue weighted by Crippen LogP contribution is -2.30. The number of aliphatic hydroxyl groups is 1. The summed E-state index contributed by atoms with van der Waals surface area (Å²) in [5, 5.41) is 11.5. The molecule has 1 aromatic carbocycles. The highest BCUT2D eigenvalue weighted by Crippen LogP contribution is 2.17. The van der Waals surface area contributed by atoms with E-state index in [9.17, 15) is 9.18 Å². The maximum atomic E-state index is 13.1. The summed E-state index contributed by atoms with van der Waals surface area (Å²) < 4.78 is 17.8. The highest BCUT2D eigenvalue weighted by atomic mass is 19.1. The summed E-state index contributed by atoms with van der Waals surface area (Å²) in [4.78, 5) is 11.5. The molecule has 0 fully saturated rings. The van der Waals surface area contributed by atoms with E-state index in [2.05, 4.69) is 5.32 Å². The predicted molar refractivity (Wildman–Crippen MR) is 57.0 cm³/mol. The molecule has 1 unspecified atom stereocenters. The van der Waals surface area contributed by atoms with Crippen LogP contribution in [0.1, 0.15) is 17.3 Å². The van der Waals surface area contributed by atoms with E-state index in [4.69, 9.17) is 9.84 Å². The minimum absolute atomic E-state index is 0.0182. The number of ether oxygens (including phenoxy) is 1. The number of rotatable bonds is 4. The lowest BCUT2D eigenvalue weighted by atomic mass is 10.2. The monoisotopic (exact) mass is 227 g/mol. The molecular formula is C11H14FNO3. The Hall–Kier alpha value is -1.62. The molecule has 0 heterocycles. The van der Waals surface area contributed by atoms with E-state index < -0.39 is 11.9 Å². The quantitative estimate of drug-likeness (QED) is 0.805. The third kappa shape index (κ3) is 3.20. The number of methoxy groups -OCH3 is 1. The Morgan fingerprint density at radius 3 is 2.88 bits per heavy atom. The van der Waals surface area contributed by atoms with Crippen LogP contribution in [-0.4, -0.2) is 30.8 Å². The van der Waals surface area contributed by atoms with Crippen molar-refractivity contribution in [2.24, 2.45) is 0 Å². The average molecular weight is 227 g/mol. The van der Waals surface area contributed by atoms with Gasteiger partial charge in [0.25, 0.3) is 5.91 Å². The van der Waals surface area contributed by atoms with Gasteiger partial charge in [0.15, 0.2) is 11.6 Å². The molecule has 0 saturated carbocycles. The molecule has 0 bridgehead atoms. The van der Waals surface area contributed by atoms with Crippen molar-refractivity contribution in [1.82, 2.24) is 5.32 Å². The van der Waals surface area contributed by atoms with Gasteiger partial charge in [0.1, 0.15) is 0 Å². The molecule has 2 N–H and O–H groups in total. The van der Waals surface area contributed by atoms with Crippen LogP contribution in [0.4, 0.5) is 4.39 Å². The number of carbonyl (C=O) groups excluding carboxylic acids is 1. The summed E-state index contributed by atoms with van der Waals surface area (Å²) in [6.07, 6.45) is -0.619. The van der Waals surface area contributed by atoms with Crippen LogP contribution in [0.2, 0.25) is 0 Å². The second-order valence-electron chi connectivity index (χ2n) is 3.41. The van der Waals surface area contributed by atoms with E-state index in [0.717, 1.165) is 6.07 Å². The standard InChI is InChI=1S/C11H14FNO3/c1-7(14)6-13-11(15)8-3-4-9(12)10(5-8)16-2/h3-5,7,14H,6H2,1-2H3,(H,13,15). The zero-order valence-corrected chi connectivity index (χ0v) is 9.16. The summed E-state index contributed by atoms with van der Waals surface area (Å²) in [5.74, 6) is -0.876. The fourth-order valence-corrected chi connectivity index (χ4v) is 1.14. The number of benzene rings is 1. The van der Waals surface area contributed by atoms with Crippen molar-refractivity contribution in [3.05, 3.63) is 29.6 Å². The summed E-state index contributed by atoms with van der Waals surface area (Å²) in [5.41, 5.74) is 0.291. The zero-order chi connectivity index (χ0) is 12.1. The van der Waals surface area contributed by atoms with Gasteiger partial charge in [-0.2, -0.15) is 0 Å². The van der Waals surface area contributed by atoms with Crippen molar-refractivity contribution in [2.75, 3.05) is 13.7 Å².